The van der Waals surface area contributed by atoms with E-state index in [1.165, 1.54) is 60.7 Å². The third-order valence-corrected chi connectivity index (χ3v) is 10.0. The number of rotatable bonds is 8. The van der Waals surface area contributed by atoms with E-state index in [0.717, 1.165) is 0 Å². The Morgan fingerprint density at radius 3 is 1.06 bits per heavy atom. The van der Waals surface area contributed by atoms with Gasteiger partial charge in [0, 0.05) is 38.9 Å². The molecule has 0 radical (unpaired) electrons. The molecule has 0 aliphatic carbocycles. The number of para-hydroxylation sites is 2. The maximum Gasteiger partial charge on any atom is 0.164 e. The minimum atomic E-state index is -0.447. The molecule has 0 saturated carbocycles. The minimum absolute atomic E-state index is 0.182. The lowest BCUT2D eigenvalue weighted by Gasteiger charge is -2.14. The van der Waals surface area contributed by atoms with Gasteiger partial charge in [-0.2, -0.15) is 0 Å². The van der Waals surface area contributed by atoms with E-state index in [2.05, 4.69) is 0 Å². The predicted octanol–water partition coefficient (Wildman–Crippen LogP) is 11.8. The normalized spacial score (nSPS) is 11.3. The molecule has 3 heterocycles. The number of aromatic nitrogens is 8. The second-order valence-electron chi connectivity index (χ2n) is 14.2. The van der Waals surface area contributed by atoms with Crippen molar-refractivity contribution < 1.29 is 22.0 Å². The van der Waals surface area contributed by atoms with E-state index in [4.69, 9.17) is 34.9 Å². The molecule has 0 spiro atoms. The quantitative estimate of drug-likeness (QED) is 0.141. The number of halogens is 5. The molecule has 10 rings (SSSR count). The number of hydrogen-bond acceptors (Lipinski definition) is 7. The van der Waals surface area contributed by atoms with Crippen molar-refractivity contribution in [3.05, 3.63) is 193 Å². The van der Waals surface area contributed by atoms with Gasteiger partial charge >= 0.3 is 0 Å². The number of imidazole rings is 1. The summed E-state index contributed by atoms with van der Waals surface area (Å²) in [6.45, 7) is 0. The Labute approximate surface area is 349 Å². The van der Waals surface area contributed by atoms with Crippen LogP contribution in [-0.4, -0.2) is 39.5 Å². The second kappa shape index (κ2) is 15.7. The molecule has 0 saturated heterocycles. The summed E-state index contributed by atoms with van der Waals surface area (Å²) in [5, 5.41) is 0. The number of hydrogen-bond donors (Lipinski definition) is 0. The van der Waals surface area contributed by atoms with Crippen LogP contribution in [0.4, 0.5) is 22.0 Å². The maximum absolute atomic E-state index is 14.9. The lowest BCUT2D eigenvalue weighted by atomic mass is 10.0. The first-order valence-electron chi connectivity index (χ1n) is 19.2. The topological polar surface area (TPSA) is 95.2 Å². The van der Waals surface area contributed by atoms with Gasteiger partial charge in [-0.15, -0.1) is 0 Å². The molecular weight excluding hydrogens is 796 g/mol. The van der Waals surface area contributed by atoms with Gasteiger partial charge in [0.25, 0.3) is 0 Å². The molecule has 10 aromatic rings. The maximum atomic E-state index is 14.9. The van der Waals surface area contributed by atoms with Crippen molar-refractivity contribution in [3.8, 4) is 85.4 Å². The standard InChI is InChI=1S/C49H27F5N8/c50-35-16-8-28(9-17-35)43-56-44(29-10-18-36(51)19-11-29)59-47(58-43)32-24-33(26-34(25-32)49-55-41-6-1-2-7-42(41)62(49)40-5-3-4-39(54)27-40)48-60-45(30-12-20-37(52)21-13-30)57-46(61-48)31-14-22-38(53)23-15-31/h1-27H. The molecule has 0 fully saturated rings. The molecule has 298 valence electrons. The highest BCUT2D eigenvalue weighted by Crippen LogP contribution is 2.36. The fourth-order valence-corrected chi connectivity index (χ4v) is 7.03. The van der Waals surface area contributed by atoms with Crippen LogP contribution in [0.2, 0.25) is 0 Å². The van der Waals surface area contributed by atoms with Crippen LogP contribution in [0.25, 0.3) is 96.4 Å². The average molecular weight is 823 g/mol. The van der Waals surface area contributed by atoms with Crippen LogP contribution in [-0.2, 0) is 0 Å². The van der Waals surface area contributed by atoms with Crippen LogP contribution in [0.15, 0.2) is 164 Å². The third kappa shape index (κ3) is 7.54. The zero-order chi connectivity index (χ0) is 42.3. The fourth-order valence-electron chi connectivity index (χ4n) is 7.03. The molecule has 0 aliphatic rings. The molecule has 0 bridgehead atoms. The molecule has 8 nitrogen and oxygen atoms in total. The first-order chi connectivity index (χ1) is 30.2. The molecule has 0 atom stereocenters. The molecule has 62 heavy (non-hydrogen) atoms. The summed E-state index contributed by atoms with van der Waals surface area (Å²) in [5.74, 6) is -0.584. The summed E-state index contributed by atoms with van der Waals surface area (Å²) >= 11 is 0. The molecule has 7 aromatic carbocycles. The fraction of sp³-hybridized carbons (Fsp3) is 0. The van der Waals surface area contributed by atoms with Gasteiger partial charge in [-0.25, -0.2) is 56.8 Å². The lowest BCUT2D eigenvalue weighted by Crippen LogP contribution is -2.03. The van der Waals surface area contributed by atoms with Crippen molar-refractivity contribution in [3.63, 3.8) is 0 Å². The van der Waals surface area contributed by atoms with Crippen molar-refractivity contribution in [2.45, 2.75) is 0 Å². The highest BCUT2D eigenvalue weighted by atomic mass is 19.1. The predicted molar refractivity (Wildman–Crippen MR) is 226 cm³/mol. The largest absolute Gasteiger partial charge is 0.292 e. The zero-order valence-corrected chi connectivity index (χ0v) is 32.1. The highest BCUT2D eigenvalue weighted by Gasteiger charge is 2.21. The van der Waals surface area contributed by atoms with Crippen LogP contribution < -0.4 is 0 Å². The Hall–Kier alpha value is -8.32. The van der Waals surface area contributed by atoms with Crippen LogP contribution in [0.3, 0.4) is 0 Å². The van der Waals surface area contributed by atoms with Crippen LogP contribution >= 0.6 is 0 Å². The number of benzene rings is 7. The van der Waals surface area contributed by atoms with E-state index >= 15 is 0 Å². The molecule has 13 heteroatoms. The molecule has 0 N–H and O–H groups in total. The summed E-state index contributed by atoms with van der Waals surface area (Å²) < 4.78 is 73.3. The zero-order valence-electron chi connectivity index (χ0n) is 32.1. The summed E-state index contributed by atoms with van der Waals surface area (Å²) in [4.78, 5) is 34.0. The highest BCUT2D eigenvalue weighted by molar-refractivity contribution is 5.86. The van der Waals surface area contributed by atoms with E-state index in [1.54, 1.807) is 66.7 Å². The smallest absolute Gasteiger partial charge is 0.164 e. The Bertz CT molecular complexity index is 3000. The molecule has 3 aromatic heterocycles. The van der Waals surface area contributed by atoms with E-state index in [1.807, 2.05) is 41.0 Å². The van der Waals surface area contributed by atoms with Crippen LogP contribution in [0.1, 0.15) is 0 Å². The Balaban J connectivity index is 1.26. The summed E-state index contributed by atoms with van der Waals surface area (Å²) in [6, 6.07) is 41.8. The van der Waals surface area contributed by atoms with Gasteiger partial charge in [0.1, 0.15) is 34.9 Å². The van der Waals surface area contributed by atoms with Crippen molar-refractivity contribution in [1.29, 1.82) is 0 Å². The van der Waals surface area contributed by atoms with Crippen LogP contribution in [0, 0.1) is 29.1 Å². The summed E-state index contributed by atoms with van der Waals surface area (Å²) in [6.07, 6.45) is 0. The Morgan fingerprint density at radius 1 is 0.290 bits per heavy atom. The van der Waals surface area contributed by atoms with Gasteiger partial charge in [-0.1, -0.05) is 18.2 Å². The number of fused-ring (bicyclic) bond motifs is 1. The van der Waals surface area contributed by atoms with Gasteiger partial charge in [0.15, 0.2) is 34.9 Å². The first kappa shape index (κ1) is 37.9. The number of nitrogens with zero attached hydrogens (tertiary/aromatic N) is 8. The van der Waals surface area contributed by atoms with Gasteiger partial charge in [0.2, 0.25) is 0 Å². The molecular formula is C49H27F5N8. The summed E-state index contributed by atoms with van der Waals surface area (Å²) in [7, 11) is 0. The summed E-state index contributed by atoms with van der Waals surface area (Å²) in [5.41, 5.74) is 5.23. The Kier molecular flexibility index (Phi) is 9.60. The van der Waals surface area contributed by atoms with Gasteiger partial charge < -0.3 is 0 Å². The SMILES string of the molecule is Fc1ccc(-c2nc(-c3ccc(F)cc3)nc(-c3cc(-c4nc(-c5ccc(F)cc5)nc(-c5ccc(F)cc5)n4)cc(-c4nc5ccccc5n4-c4cccc(F)c4)c3)n2)cc1. The van der Waals surface area contributed by atoms with Crippen molar-refractivity contribution in [2.75, 3.05) is 0 Å². The second-order valence-corrected chi connectivity index (χ2v) is 14.2. The molecule has 0 unspecified atom stereocenters. The van der Waals surface area contributed by atoms with E-state index in [-0.39, 0.29) is 34.9 Å². The van der Waals surface area contributed by atoms with Gasteiger partial charge in [-0.05, 0) is 146 Å². The van der Waals surface area contributed by atoms with E-state index in [0.29, 0.717) is 61.5 Å². The monoisotopic (exact) mass is 822 g/mol. The van der Waals surface area contributed by atoms with E-state index in [9.17, 15) is 22.0 Å². The minimum Gasteiger partial charge on any atom is -0.292 e. The van der Waals surface area contributed by atoms with E-state index < -0.39 is 29.1 Å². The van der Waals surface area contributed by atoms with Gasteiger partial charge in [0.05, 0.1) is 16.7 Å². The Morgan fingerprint density at radius 2 is 0.661 bits per heavy atom. The van der Waals surface area contributed by atoms with Crippen molar-refractivity contribution in [2.24, 2.45) is 0 Å². The first-order valence-corrected chi connectivity index (χ1v) is 19.2. The average Bonchev–Trinajstić information content (AvgIpc) is 3.70. The molecule has 0 amide bonds. The van der Waals surface area contributed by atoms with Crippen LogP contribution in [0.5, 0.6) is 0 Å². The third-order valence-electron chi connectivity index (χ3n) is 10.0. The van der Waals surface area contributed by atoms with Crippen molar-refractivity contribution >= 4 is 11.0 Å². The lowest BCUT2D eigenvalue weighted by molar-refractivity contribution is 0.626. The van der Waals surface area contributed by atoms with Crippen molar-refractivity contribution in [1.82, 2.24) is 39.5 Å². The molecule has 0 aliphatic heterocycles. The van der Waals surface area contributed by atoms with Gasteiger partial charge in [-0.3, -0.25) is 4.57 Å².